The molecule has 3 rings (SSSR count). The van der Waals surface area contributed by atoms with Gasteiger partial charge in [0.1, 0.15) is 6.54 Å². The number of carbonyl (C=O) groups is 3. The molecule has 2 saturated heterocycles. The lowest BCUT2D eigenvalue weighted by Gasteiger charge is -2.36. The van der Waals surface area contributed by atoms with Crippen LogP contribution in [0.4, 0.5) is 4.79 Å². The predicted octanol–water partition coefficient (Wildman–Crippen LogP) is 2.55. The summed E-state index contributed by atoms with van der Waals surface area (Å²) in [6.45, 7) is 0.415. The van der Waals surface area contributed by atoms with E-state index >= 15 is 0 Å². The lowest BCUT2D eigenvalue weighted by molar-refractivity contribution is -0.139. The van der Waals surface area contributed by atoms with Crippen molar-refractivity contribution in [3.05, 3.63) is 27.3 Å². The third-order valence-corrected chi connectivity index (χ3v) is 6.12. The van der Waals surface area contributed by atoms with Gasteiger partial charge in [-0.25, -0.2) is 0 Å². The molecule has 0 bridgehead atoms. The highest BCUT2D eigenvalue weighted by Crippen LogP contribution is 2.33. The van der Waals surface area contributed by atoms with Crippen LogP contribution >= 0.6 is 23.1 Å². The highest BCUT2D eigenvalue weighted by atomic mass is 32.2. The summed E-state index contributed by atoms with van der Waals surface area (Å²) in [5, 5.41) is 10.7. The van der Waals surface area contributed by atoms with Crippen molar-refractivity contribution in [2.45, 2.75) is 31.7 Å². The zero-order chi connectivity index (χ0) is 17.8. The maximum Gasteiger partial charge on any atom is 0.294 e. The van der Waals surface area contributed by atoms with Crippen LogP contribution in [0.2, 0.25) is 0 Å². The number of carbonyl (C=O) groups excluding carboxylic acids is 3. The molecule has 1 unspecified atom stereocenters. The molecule has 2 fully saturated rings. The van der Waals surface area contributed by atoms with E-state index in [9.17, 15) is 19.5 Å². The fourth-order valence-corrected chi connectivity index (χ4v) is 4.70. The van der Waals surface area contributed by atoms with Gasteiger partial charge >= 0.3 is 0 Å². The minimum absolute atomic E-state index is 0.00663. The molecule has 1 atom stereocenters. The van der Waals surface area contributed by atoms with Crippen molar-refractivity contribution >= 4 is 46.2 Å². The molecule has 2 aliphatic heterocycles. The molecule has 0 spiro atoms. The minimum atomic E-state index is -0.410. The SMILES string of the molecule is O=C1S/C(=C\c2cccs2)C(=O)N1CC(=O)N1CCCCC1CCO. The molecule has 1 aromatic heterocycles. The normalized spacial score (nSPS) is 22.9. The third-order valence-electron chi connectivity index (χ3n) is 4.39. The number of aliphatic hydroxyl groups excluding tert-OH is 1. The summed E-state index contributed by atoms with van der Waals surface area (Å²) < 4.78 is 0. The Labute approximate surface area is 154 Å². The predicted molar refractivity (Wildman–Crippen MR) is 98.1 cm³/mol. The van der Waals surface area contributed by atoms with Gasteiger partial charge in [0.2, 0.25) is 5.91 Å². The summed E-state index contributed by atoms with van der Waals surface area (Å²) in [6.07, 6.45) is 5.02. The second-order valence-corrected chi connectivity index (χ2v) is 8.00. The Morgan fingerprint density at radius 2 is 2.20 bits per heavy atom. The van der Waals surface area contributed by atoms with Gasteiger partial charge in [-0.1, -0.05) is 6.07 Å². The molecule has 0 aromatic carbocycles. The van der Waals surface area contributed by atoms with Crippen LogP contribution in [0.15, 0.2) is 22.4 Å². The van der Waals surface area contributed by atoms with Crippen molar-refractivity contribution in [1.82, 2.24) is 9.80 Å². The van der Waals surface area contributed by atoms with Gasteiger partial charge in [0.15, 0.2) is 0 Å². The molecule has 8 heteroatoms. The van der Waals surface area contributed by atoms with Crippen molar-refractivity contribution < 1.29 is 19.5 Å². The molecular formula is C17H20N2O4S2. The van der Waals surface area contributed by atoms with E-state index in [2.05, 4.69) is 0 Å². The second kappa shape index (κ2) is 8.16. The monoisotopic (exact) mass is 380 g/mol. The van der Waals surface area contributed by atoms with Crippen LogP contribution in [-0.2, 0) is 9.59 Å². The van der Waals surface area contributed by atoms with E-state index in [0.29, 0.717) is 17.9 Å². The number of thioether (sulfide) groups is 1. The zero-order valence-electron chi connectivity index (χ0n) is 13.7. The van der Waals surface area contributed by atoms with Crippen LogP contribution < -0.4 is 0 Å². The number of piperidine rings is 1. The number of thiophene rings is 1. The number of hydrogen-bond acceptors (Lipinski definition) is 6. The van der Waals surface area contributed by atoms with Crippen LogP contribution in [0.25, 0.3) is 6.08 Å². The fourth-order valence-electron chi connectivity index (χ4n) is 3.14. The summed E-state index contributed by atoms with van der Waals surface area (Å²) in [5.41, 5.74) is 0. The van der Waals surface area contributed by atoms with Crippen LogP contribution in [0.1, 0.15) is 30.6 Å². The van der Waals surface area contributed by atoms with Gasteiger partial charge in [0.05, 0.1) is 4.91 Å². The van der Waals surface area contributed by atoms with Crippen molar-refractivity contribution in [2.24, 2.45) is 0 Å². The van der Waals surface area contributed by atoms with Crippen molar-refractivity contribution in [3.8, 4) is 0 Å². The average molecular weight is 380 g/mol. The molecule has 134 valence electrons. The van der Waals surface area contributed by atoms with E-state index in [1.807, 2.05) is 17.5 Å². The van der Waals surface area contributed by atoms with Crippen LogP contribution in [0, 0.1) is 0 Å². The van der Waals surface area contributed by atoms with Gasteiger partial charge in [-0.05, 0) is 55.0 Å². The number of rotatable bonds is 5. The molecule has 1 aromatic rings. The van der Waals surface area contributed by atoms with E-state index in [0.717, 1.165) is 40.8 Å². The summed E-state index contributed by atoms with van der Waals surface area (Å²) >= 11 is 2.36. The summed E-state index contributed by atoms with van der Waals surface area (Å²) in [6, 6.07) is 3.74. The summed E-state index contributed by atoms with van der Waals surface area (Å²) in [7, 11) is 0. The largest absolute Gasteiger partial charge is 0.396 e. The van der Waals surface area contributed by atoms with E-state index in [-0.39, 0.29) is 25.1 Å². The lowest BCUT2D eigenvalue weighted by atomic mass is 9.99. The van der Waals surface area contributed by atoms with E-state index in [4.69, 9.17) is 0 Å². The first-order valence-corrected chi connectivity index (χ1v) is 9.99. The molecule has 0 radical (unpaired) electrons. The number of imide groups is 1. The van der Waals surface area contributed by atoms with Crippen molar-refractivity contribution in [2.75, 3.05) is 19.7 Å². The highest BCUT2D eigenvalue weighted by Gasteiger charge is 2.38. The maximum atomic E-state index is 12.6. The Morgan fingerprint density at radius 3 is 2.92 bits per heavy atom. The Morgan fingerprint density at radius 1 is 1.36 bits per heavy atom. The first-order chi connectivity index (χ1) is 12.1. The maximum absolute atomic E-state index is 12.6. The Balaban J connectivity index is 1.68. The van der Waals surface area contributed by atoms with Crippen molar-refractivity contribution in [3.63, 3.8) is 0 Å². The van der Waals surface area contributed by atoms with E-state index in [1.54, 1.807) is 11.0 Å². The molecule has 25 heavy (non-hydrogen) atoms. The molecular weight excluding hydrogens is 360 g/mol. The molecule has 3 amide bonds. The molecule has 1 N–H and O–H groups in total. The van der Waals surface area contributed by atoms with Gasteiger partial charge in [-0.3, -0.25) is 19.3 Å². The first-order valence-electron chi connectivity index (χ1n) is 8.29. The minimum Gasteiger partial charge on any atom is -0.396 e. The molecule has 0 saturated carbocycles. The zero-order valence-corrected chi connectivity index (χ0v) is 15.4. The quantitative estimate of drug-likeness (QED) is 0.795. The Hall–Kier alpha value is -1.64. The summed E-state index contributed by atoms with van der Waals surface area (Å²) in [4.78, 5) is 41.3. The number of amides is 3. The summed E-state index contributed by atoms with van der Waals surface area (Å²) in [5.74, 6) is -0.634. The standard InChI is InChI=1S/C17H20N2O4S2/c20-8-6-12-4-1-2-7-18(12)15(21)11-19-16(22)14(25-17(19)23)10-13-5-3-9-24-13/h3,5,9-10,12,20H,1-2,4,6-8,11H2/b14-10-. The number of likely N-dealkylation sites (tertiary alicyclic amines) is 1. The smallest absolute Gasteiger partial charge is 0.294 e. The lowest BCUT2D eigenvalue weighted by Crippen LogP contribution is -2.49. The highest BCUT2D eigenvalue weighted by molar-refractivity contribution is 8.18. The number of nitrogens with zero attached hydrogens (tertiary/aromatic N) is 2. The molecule has 2 aliphatic rings. The topological polar surface area (TPSA) is 77.9 Å². The number of aliphatic hydroxyl groups is 1. The van der Waals surface area contributed by atoms with E-state index < -0.39 is 11.1 Å². The average Bonchev–Trinajstić information content (AvgIpc) is 3.20. The Kier molecular flexibility index (Phi) is 5.93. The van der Waals surface area contributed by atoms with Crippen LogP contribution in [-0.4, -0.2) is 57.7 Å². The molecule has 0 aliphatic carbocycles. The van der Waals surface area contributed by atoms with Crippen LogP contribution in [0.3, 0.4) is 0 Å². The van der Waals surface area contributed by atoms with Gasteiger partial charge in [-0.2, -0.15) is 0 Å². The van der Waals surface area contributed by atoms with Gasteiger partial charge in [0.25, 0.3) is 11.1 Å². The molecule has 6 nitrogen and oxygen atoms in total. The first kappa shape index (κ1) is 18.2. The van der Waals surface area contributed by atoms with Crippen LogP contribution in [0.5, 0.6) is 0 Å². The third kappa shape index (κ3) is 4.13. The van der Waals surface area contributed by atoms with Crippen molar-refractivity contribution in [1.29, 1.82) is 0 Å². The fraction of sp³-hybridized carbons (Fsp3) is 0.471. The van der Waals surface area contributed by atoms with Gasteiger partial charge in [0, 0.05) is 24.1 Å². The van der Waals surface area contributed by atoms with Gasteiger partial charge < -0.3 is 10.0 Å². The second-order valence-electron chi connectivity index (χ2n) is 6.03. The Bertz CT molecular complexity index is 685. The van der Waals surface area contributed by atoms with E-state index in [1.165, 1.54) is 11.3 Å². The van der Waals surface area contributed by atoms with Gasteiger partial charge in [-0.15, -0.1) is 11.3 Å². The molecule has 3 heterocycles. The number of hydrogen-bond donors (Lipinski definition) is 1.